The van der Waals surface area contributed by atoms with Gasteiger partial charge in [0.1, 0.15) is 5.75 Å². The quantitative estimate of drug-likeness (QED) is 0.818. The Morgan fingerprint density at radius 2 is 2.29 bits per heavy atom. The predicted octanol–water partition coefficient (Wildman–Crippen LogP) is 2.08. The highest BCUT2D eigenvalue weighted by Crippen LogP contribution is 2.27. The van der Waals surface area contributed by atoms with Crippen LogP contribution in [0.4, 0.5) is 0 Å². The van der Waals surface area contributed by atoms with E-state index in [1.807, 2.05) is 6.07 Å². The second kappa shape index (κ2) is 6.47. The molecule has 5 heteroatoms. The summed E-state index contributed by atoms with van der Waals surface area (Å²) in [7, 11) is 0. The number of nitrogens with two attached hydrogens (primary N) is 1. The Bertz CT molecular complexity index is 395. The number of hydrogen-bond donors (Lipinski definition) is 2. The molecule has 0 radical (unpaired) electrons. The van der Waals surface area contributed by atoms with Crippen molar-refractivity contribution in [2.24, 2.45) is 5.73 Å². The first-order chi connectivity index (χ1) is 8.08. The average Bonchev–Trinajstić information content (AvgIpc) is 2.28. The van der Waals surface area contributed by atoms with Gasteiger partial charge >= 0.3 is 5.97 Å². The van der Waals surface area contributed by atoms with Crippen molar-refractivity contribution in [3.05, 3.63) is 28.8 Å². The van der Waals surface area contributed by atoms with Crippen LogP contribution in [0.3, 0.4) is 0 Å². The molecule has 1 atom stereocenters. The highest BCUT2D eigenvalue weighted by atomic mass is 35.5. The van der Waals surface area contributed by atoms with E-state index in [-0.39, 0.29) is 0 Å². The van der Waals surface area contributed by atoms with Gasteiger partial charge in [0.05, 0.1) is 5.02 Å². The zero-order chi connectivity index (χ0) is 12.8. The van der Waals surface area contributed by atoms with Crippen molar-refractivity contribution >= 4 is 17.6 Å². The topological polar surface area (TPSA) is 72.5 Å². The van der Waals surface area contributed by atoms with Crippen LogP contribution in [-0.4, -0.2) is 23.7 Å². The minimum absolute atomic E-state index is 0.385. The number of carbonyl (C=O) groups is 1. The van der Waals surface area contributed by atoms with E-state index in [1.54, 1.807) is 19.1 Å². The Morgan fingerprint density at radius 1 is 1.59 bits per heavy atom. The summed E-state index contributed by atoms with van der Waals surface area (Å²) in [5, 5.41) is 9.29. The molecule has 0 saturated heterocycles. The minimum Gasteiger partial charge on any atom is -0.479 e. The van der Waals surface area contributed by atoms with Crippen molar-refractivity contribution in [1.29, 1.82) is 0 Å². The summed E-state index contributed by atoms with van der Waals surface area (Å²) < 4.78 is 5.33. The smallest absolute Gasteiger partial charge is 0.344 e. The highest BCUT2D eigenvalue weighted by Gasteiger charge is 2.18. The summed E-state index contributed by atoms with van der Waals surface area (Å²) >= 11 is 6.01. The molecule has 0 fully saturated rings. The number of aliphatic carboxylic acids is 1. The molecule has 0 spiro atoms. The fourth-order valence-electron chi connectivity index (χ4n) is 1.42. The fourth-order valence-corrected chi connectivity index (χ4v) is 1.67. The van der Waals surface area contributed by atoms with Gasteiger partial charge in [-0.1, -0.05) is 24.6 Å². The van der Waals surface area contributed by atoms with Crippen LogP contribution in [0, 0.1) is 0 Å². The maximum absolute atomic E-state index is 10.8. The zero-order valence-corrected chi connectivity index (χ0v) is 10.4. The van der Waals surface area contributed by atoms with Crippen molar-refractivity contribution in [2.45, 2.75) is 25.9 Å². The largest absolute Gasteiger partial charge is 0.479 e. The first-order valence-electron chi connectivity index (χ1n) is 5.46. The van der Waals surface area contributed by atoms with Crippen LogP contribution in [0.2, 0.25) is 5.02 Å². The normalized spacial score (nSPS) is 12.2. The van der Waals surface area contributed by atoms with E-state index < -0.39 is 12.1 Å². The molecule has 1 aromatic carbocycles. The molecule has 1 aromatic rings. The lowest BCUT2D eigenvalue weighted by Gasteiger charge is -2.14. The number of halogens is 1. The third kappa shape index (κ3) is 3.91. The molecule has 0 heterocycles. The monoisotopic (exact) mass is 257 g/mol. The molecule has 17 heavy (non-hydrogen) atoms. The van der Waals surface area contributed by atoms with Crippen molar-refractivity contribution in [3.63, 3.8) is 0 Å². The molecule has 0 bridgehead atoms. The van der Waals surface area contributed by atoms with Gasteiger partial charge in [0.15, 0.2) is 6.10 Å². The molecule has 0 aromatic heterocycles. The Labute approximate surface area is 105 Å². The highest BCUT2D eigenvalue weighted by molar-refractivity contribution is 6.32. The lowest BCUT2D eigenvalue weighted by atomic mass is 10.1. The summed E-state index contributed by atoms with van der Waals surface area (Å²) in [6, 6.07) is 5.26. The van der Waals surface area contributed by atoms with Gasteiger partial charge in [0, 0.05) is 0 Å². The van der Waals surface area contributed by atoms with E-state index in [0.29, 0.717) is 23.7 Å². The Balaban J connectivity index is 2.81. The number of carboxylic acid groups (broad SMARTS) is 1. The van der Waals surface area contributed by atoms with E-state index in [0.717, 1.165) is 12.0 Å². The summed E-state index contributed by atoms with van der Waals surface area (Å²) in [5.74, 6) is -0.601. The zero-order valence-electron chi connectivity index (χ0n) is 9.65. The van der Waals surface area contributed by atoms with Crippen molar-refractivity contribution < 1.29 is 14.6 Å². The van der Waals surface area contributed by atoms with Crippen LogP contribution in [0.25, 0.3) is 0 Å². The van der Waals surface area contributed by atoms with Crippen molar-refractivity contribution in [1.82, 2.24) is 0 Å². The molecule has 1 rings (SSSR count). The molecule has 0 saturated carbocycles. The SMILES string of the molecule is CCC(Oc1ccc(CCN)cc1Cl)C(=O)O. The van der Waals surface area contributed by atoms with E-state index in [4.69, 9.17) is 27.2 Å². The minimum atomic E-state index is -0.991. The molecular formula is C12H16ClNO3. The maximum Gasteiger partial charge on any atom is 0.344 e. The van der Waals surface area contributed by atoms with Crippen LogP contribution in [0.15, 0.2) is 18.2 Å². The summed E-state index contributed by atoms with van der Waals surface area (Å²) in [4.78, 5) is 10.8. The van der Waals surface area contributed by atoms with Crippen LogP contribution in [0.1, 0.15) is 18.9 Å². The van der Waals surface area contributed by atoms with Crippen molar-refractivity contribution in [2.75, 3.05) is 6.54 Å². The third-order valence-corrected chi connectivity index (χ3v) is 2.64. The Morgan fingerprint density at radius 3 is 2.76 bits per heavy atom. The van der Waals surface area contributed by atoms with Gasteiger partial charge in [-0.25, -0.2) is 4.79 Å². The lowest BCUT2D eigenvalue weighted by molar-refractivity contribution is -0.145. The fraction of sp³-hybridized carbons (Fsp3) is 0.417. The van der Waals surface area contributed by atoms with Gasteiger partial charge in [0.2, 0.25) is 0 Å². The number of rotatable bonds is 6. The third-order valence-electron chi connectivity index (χ3n) is 2.34. The first kappa shape index (κ1) is 13.8. The number of hydrogen-bond acceptors (Lipinski definition) is 3. The van der Waals surface area contributed by atoms with Crippen LogP contribution in [-0.2, 0) is 11.2 Å². The molecule has 0 aliphatic carbocycles. The maximum atomic E-state index is 10.8. The summed E-state index contributed by atoms with van der Waals surface area (Å²) in [6.45, 7) is 2.29. The van der Waals surface area contributed by atoms with Crippen LogP contribution >= 0.6 is 11.6 Å². The first-order valence-corrected chi connectivity index (χ1v) is 5.84. The Hall–Kier alpha value is -1.26. The van der Waals surface area contributed by atoms with Gasteiger partial charge in [-0.3, -0.25) is 0 Å². The molecular weight excluding hydrogens is 242 g/mol. The van der Waals surface area contributed by atoms with Crippen LogP contribution < -0.4 is 10.5 Å². The second-order valence-electron chi connectivity index (χ2n) is 3.66. The van der Waals surface area contributed by atoms with E-state index in [2.05, 4.69) is 0 Å². The molecule has 4 nitrogen and oxygen atoms in total. The van der Waals surface area contributed by atoms with E-state index >= 15 is 0 Å². The lowest BCUT2D eigenvalue weighted by Crippen LogP contribution is -2.26. The van der Waals surface area contributed by atoms with Gasteiger partial charge in [-0.15, -0.1) is 0 Å². The number of benzene rings is 1. The molecule has 0 amide bonds. The molecule has 3 N–H and O–H groups in total. The Kier molecular flexibility index (Phi) is 5.25. The summed E-state index contributed by atoms with van der Waals surface area (Å²) in [5.41, 5.74) is 6.45. The van der Waals surface area contributed by atoms with Crippen molar-refractivity contribution in [3.8, 4) is 5.75 Å². The molecule has 0 aliphatic heterocycles. The number of carboxylic acids is 1. The molecule has 1 unspecified atom stereocenters. The van der Waals surface area contributed by atoms with Crippen LogP contribution in [0.5, 0.6) is 5.75 Å². The average molecular weight is 258 g/mol. The second-order valence-corrected chi connectivity index (χ2v) is 4.06. The van der Waals surface area contributed by atoms with E-state index in [9.17, 15) is 4.79 Å². The molecule has 94 valence electrons. The predicted molar refractivity (Wildman–Crippen MR) is 66.6 cm³/mol. The van der Waals surface area contributed by atoms with Gasteiger partial charge in [-0.2, -0.15) is 0 Å². The summed E-state index contributed by atoms with van der Waals surface area (Å²) in [6.07, 6.45) is 0.250. The van der Waals surface area contributed by atoms with Gasteiger partial charge in [0.25, 0.3) is 0 Å². The van der Waals surface area contributed by atoms with Gasteiger partial charge < -0.3 is 15.6 Å². The van der Waals surface area contributed by atoms with E-state index in [1.165, 1.54) is 0 Å². The standard InChI is InChI=1S/C12H16ClNO3/c1-2-10(12(15)16)17-11-4-3-8(5-6-14)7-9(11)13/h3-4,7,10H,2,5-6,14H2,1H3,(H,15,16). The number of ether oxygens (including phenoxy) is 1. The molecule has 0 aliphatic rings. The van der Waals surface area contributed by atoms with Gasteiger partial charge in [-0.05, 0) is 37.1 Å².